The molecule has 2 rings (SSSR count). The van der Waals surface area contributed by atoms with Crippen LogP contribution in [0.5, 0.6) is 0 Å². The fourth-order valence-corrected chi connectivity index (χ4v) is 3.06. The topological polar surface area (TPSA) is 17.1 Å². The van der Waals surface area contributed by atoms with Gasteiger partial charge in [0.15, 0.2) is 0 Å². The van der Waals surface area contributed by atoms with Gasteiger partial charge in [-0.1, -0.05) is 32.6 Å². The van der Waals surface area contributed by atoms with Crippen LogP contribution in [-0.4, -0.2) is 5.78 Å². The van der Waals surface area contributed by atoms with Gasteiger partial charge < -0.3 is 0 Å². The first-order valence-electron chi connectivity index (χ1n) is 5.80. The third-order valence-corrected chi connectivity index (χ3v) is 4.09. The lowest BCUT2D eigenvalue weighted by atomic mass is 9.87. The number of hydrogen-bond acceptors (Lipinski definition) is 1. The van der Waals surface area contributed by atoms with Crippen LogP contribution < -0.4 is 0 Å². The zero-order chi connectivity index (χ0) is 9.26. The quantitative estimate of drug-likeness (QED) is 0.638. The van der Waals surface area contributed by atoms with Gasteiger partial charge in [0, 0.05) is 12.3 Å². The molecule has 2 unspecified atom stereocenters. The molecule has 0 saturated heterocycles. The zero-order valence-electron chi connectivity index (χ0n) is 8.59. The van der Waals surface area contributed by atoms with E-state index in [-0.39, 0.29) is 0 Å². The molecule has 0 spiro atoms. The summed E-state index contributed by atoms with van der Waals surface area (Å²) in [4.78, 5) is 11.4. The van der Waals surface area contributed by atoms with E-state index in [1.807, 2.05) is 0 Å². The molecule has 74 valence electrons. The maximum atomic E-state index is 11.4. The summed E-state index contributed by atoms with van der Waals surface area (Å²) in [7, 11) is 0. The van der Waals surface area contributed by atoms with Gasteiger partial charge in [0.2, 0.25) is 0 Å². The van der Waals surface area contributed by atoms with Gasteiger partial charge in [-0.15, -0.1) is 0 Å². The van der Waals surface area contributed by atoms with E-state index in [1.54, 1.807) is 0 Å². The summed E-state index contributed by atoms with van der Waals surface area (Å²) in [6.07, 6.45) is 9.09. The van der Waals surface area contributed by atoms with Crippen molar-refractivity contribution in [1.29, 1.82) is 0 Å². The summed E-state index contributed by atoms with van der Waals surface area (Å²) >= 11 is 0. The van der Waals surface area contributed by atoms with E-state index >= 15 is 0 Å². The van der Waals surface area contributed by atoms with Gasteiger partial charge in [-0.2, -0.15) is 0 Å². The minimum absolute atomic E-state index is 0.376. The molecule has 2 atom stereocenters. The van der Waals surface area contributed by atoms with Crippen molar-refractivity contribution in [2.24, 2.45) is 17.8 Å². The van der Waals surface area contributed by atoms with Crippen LogP contribution in [-0.2, 0) is 4.79 Å². The molecule has 2 fully saturated rings. The number of ketones is 1. The van der Waals surface area contributed by atoms with Crippen LogP contribution in [0.3, 0.4) is 0 Å². The van der Waals surface area contributed by atoms with Crippen LogP contribution in [0.15, 0.2) is 0 Å². The van der Waals surface area contributed by atoms with Crippen molar-refractivity contribution >= 4 is 5.78 Å². The van der Waals surface area contributed by atoms with Crippen LogP contribution in [0.25, 0.3) is 0 Å². The highest BCUT2D eigenvalue weighted by atomic mass is 16.1. The van der Waals surface area contributed by atoms with E-state index in [4.69, 9.17) is 0 Å². The van der Waals surface area contributed by atoms with E-state index in [9.17, 15) is 4.79 Å². The highest BCUT2D eigenvalue weighted by Gasteiger charge is 2.32. The molecular weight excluding hydrogens is 160 g/mol. The first kappa shape index (κ1) is 9.23. The maximum Gasteiger partial charge on any atom is 0.135 e. The number of Topliss-reactive ketones (excluding diaryl/α,β-unsaturated/α-hetero) is 1. The van der Waals surface area contributed by atoms with Gasteiger partial charge in [-0.25, -0.2) is 0 Å². The SMILES string of the molecule is CC1C(=O)CCC1CC1CCCC1. The summed E-state index contributed by atoms with van der Waals surface area (Å²) < 4.78 is 0. The lowest BCUT2D eigenvalue weighted by molar-refractivity contribution is -0.120. The van der Waals surface area contributed by atoms with Crippen molar-refractivity contribution in [2.75, 3.05) is 0 Å². The monoisotopic (exact) mass is 180 g/mol. The second-order valence-electron chi connectivity index (χ2n) is 4.94. The van der Waals surface area contributed by atoms with E-state index in [1.165, 1.54) is 38.5 Å². The van der Waals surface area contributed by atoms with Crippen molar-refractivity contribution in [2.45, 2.75) is 51.9 Å². The standard InChI is InChI=1S/C12H20O/c1-9-11(6-7-12(9)13)8-10-4-2-3-5-10/h9-11H,2-8H2,1H3. The Kier molecular flexibility index (Phi) is 2.71. The first-order chi connectivity index (χ1) is 6.27. The third kappa shape index (κ3) is 1.95. The number of hydrogen-bond donors (Lipinski definition) is 0. The normalized spacial score (nSPS) is 35.9. The largest absolute Gasteiger partial charge is 0.299 e. The zero-order valence-corrected chi connectivity index (χ0v) is 8.59. The van der Waals surface area contributed by atoms with Gasteiger partial charge in [0.1, 0.15) is 5.78 Å². The summed E-state index contributed by atoms with van der Waals surface area (Å²) in [5.41, 5.74) is 0. The molecule has 0 aromatic rings. The molecular formula is C12H20O. The van der Waals surface area contributed by atoms with Crippen molar-refractivity contribution in [3.05, 3.63) is 0 Å². The fourth-order valence-electron chi connectivity index (χ4n) is 3.06. The van der Waals surface area contributed by atoms with Crippen LogP contribution in [0.1, 0.15) is 51.9 Å². The second kappa shape index (κ2) is 3.81. The Labute approximate surface area is 80.9 Å². The molecule has 13 heavy (non-hydrogen) atoms. The molecule has 0 radical (unpaired) electrons. The van der Waals surface area contributed by atoms with Crippen LogP contribution in [0.2, 0.25) is 0 Å². The summed E-state index contributed by atoms with van der Waals surface area (Å²) in [5, 5.41) is 0. The minimum atomic E-state index is 0.376. The molecule has 1 heteroatoms. The van der Waals surface area contributed by atoms with Crippen LogP contribution in [0, 0.1) is 17.8 Å². The smallest absolute Gasteiger partial charge is 0.135 e. The predicted octanol–water partition coefficient (Wildman–Crippen LogP) is 3.18. The maximum absolute atomic E-state index is 11.4. The lowest BCUT2D eigenvalue weighted by Crippen LogP contribution is -2.13. The van der Waals surface area contributed by atoms with Gasteiger partial charge in [0.05, 0.1) is 0 Å². The molecule has 0 amide bonds. The van der Waals surface area contributed by atoms with Crippen molar-refractivity contribution in [3.63, 3.8) is 0 Å². The van der Waals surface area contributed by atoms with E-state index in [2.05, 4.69) is 6.92 Å². The first-order valence-corrected chi connectivity index (χ1v) is 5.80. The average Bonchev–Trinajstić information content (AvgIpc) is 2.71. The summed E-state index contributed by atoms with van der Waals surface area (Å²) in [6, 6.07) is 0. The van der Waals surface area contributed by atoms with Gasteiger partial charge in [-0.05, 0) is 24.7 Å². The van der Waals surface area contributed by atoms with Gasteiger partial charge in [-0.3, -0.25) is 4.79 Å². The Morgan fingerprint density at radius 2 is 1.92 bits per heavy atom. The van der Waals surface area contributed by atoms with E-state index in [0.29, 0.717) is 11.7 Å². The predicted molar refractivity (Wildman–Crippen MR) is 53.5 cm³/mol. The highest BCUT2D eigenvalue weighted by molar-refractivity contribution is 5.82. The summed E-state index contributed by atoms with van der Waals surface area (Å²) in [5.74, 6) is 2.58. The van der Waals surface area contributed by atoms with Gasteiger partial charge >= 0.3 is 0 Å². The fraction of sp³-hybridized carbons (Fsp3) is 0.917. The molecule has 0 heterocycles. The average molecular weight is 180 g/mol. The van der Waals surface area contributed by atoms with Gasteiger partial charge in [0.25, 0.3) is 0 Å². The third-order valence-electron chi connectivity index (χ3n) is 4.09. The Morgan fingerprint density at radius 3 is 2.46 bits per heavy atom. The Morgan fingerprint density at radius 1 is 1.23 bits per heavy atom. The number of carbonyl (C=O) groups is 1. The second-order valence-corrected chi connectivity index (χ2v) is 4.94. The van der Waals surface area contributed by atoms with Crippen molar-refractivity contribution < 1.29 is 4.79 Å². The van der Waals surface area contributed by atoms with E-state index < -0.39 is 0 Å². The Balaban J connectivity index is 1.84. The lowest BCUT2D eigenvalue weighted by Gasteiger charge is -2.18. The Bertz CT molecular complexity index is 191. The Hall–Kier alpha value is -0.330. The number of rotatable bonds is 2. The molecule has 0 aromatic heterocycles. The highest BCUT2D eigenvalue weighted by Crippen LogP contribution is 2.38. The summed E-state index contributed by atoms with van der Waals surface area (Å²) in [6.45, 7) is 2.13. The molecule has 2 aliphatic rings. The molecule has 0 N–H and O–H groups in total. The molecule has 0 bridgehead atoms. The van der Waals surface area contributed by atoms with E-state index in [0.717, 1.165) is 18.3 Å². The van der Waals surface area contributed by atoms with Crippen LogP contribution in [0.4, 0.5) is 0 Å². The molecule has 0 aromatic carbocycles. The van der Waals surface area contributed by atoms with Crippen LogP contribution >= 0.6 is 0 Å². The molecule has 1 nitrogen and oxygen atoms in total. The molecule has 2 aliphatic carbocycles. The van der Waals surface area contributed by atoms with Crippen molar-refractivity contribution in [1.82, 2.24) is 0 Å². The van der Waals surface area contributed by atoms with Crippen molar-refractivity contribution in [3.8, 4) is 0 Å². The minimum Gasteiger partial charge on any atom is -0.299 e. The molecule has 0 aliphatic heterocycles. The molecule has 2 saturated carbocycles. The number of carbonyl (C=O) groups excluding carboxylic acids is 1.